The molecular formula is C78H78N4O. The van der Waals surface area contributed by atoms with E-state index in [-0.39, 0.29) is 37.9 Å². The highest BCUT2D eigenvalue weighted by Gasteiger charge is 2.78. The maximum atomic E-state index is 7.05. The van der Waals surface area contributed by atoms with Gasteiger partial charge in [-0.3, -0.25) is 4.57 Å². The molecule has 6 unspecified atom stereocenters. The summed E-state index contributed by atoms with van der Waals surface area (Å²) in [4.78, 5) is 10.3. The fourth-order valence-electron chi connectivity index (χ4n) is 18.8. The standard InChI is InChI=1S/C78H78N4O/c1-72(2,3)56-42-45-79-70(48-56)82-64-35-20-19-34-60(64)61-41-40-59(50-67(61)82)83-58-33-23-32-57(49-58)80-51-81(66-37-22-21-36-65(66)80)71-62(77(54-28-15-11-16-29-54)68-38-24-43-75(77,8)73(68,4)5)46-53(52-26-13-10-14-27-52)47-63(71)78(55-30-17-12-18-31-55)69-39-25-44-76(78,9)74(69,6)7/h10-23,26-37,40-42,45-50,68-69H,24-25,38-39,43-44,51H2,1-9H3. The molecule has 0 amide bonds. The summed E-state index contributed by atoms with van der Waals surface area (Å²) < 4.78 is 9.35. The minimum absolute atomic E-state index is 0.0225. The maximum Gasteiger partial charge on any atom is 0.137 e. The largest absolute Gasteiger partial charge is 0.457 e. The van der Waals surface area contributed by atoms with Crippen molar-refractivity contribution in [3.63, 3.8) is 0 Å². The summed E-state index contributed by atoms with van der Waals surface area (Å²) in [5.41, 5.74) is 16.5. The van der Waals surface area contributed by atoms with Gasteiger partial charge in [0.2, 0.25) is 0 Å². The van der Waals surface area contributed by atoms with E-state index in [1.54, 1.807) is 0 Å². The van der Waals surface area contributed by atoms with Crippen LogP contribution in [0.15, 0.2) is 212 Å². The smallest absolute Gasteiger partial charge is 0.137 e. The van der Waals surface area contributed by atoms with Crippen molar-refractivity contribution in [1.82, 2.24) is 9.55 Å². The number of anilines is 4. The fraction of sp³-hybridized carbons (Fsp3) is 0.321. The molecule has 416 valence electrons. The molecule has 4 saturated carbocycles. The van der Waals surface area contributed by atoms with E-state index in [9.17, 15) is 0 Å². The van der Waals surface area contributed by atoms with E-state index in [0.717, 1.165) is 34.0 Å². The lowest BCUT2D eigenvalue weighted by molar-refractivity contribution is -0.222. The average molecular weight is 1090 g/mol. The quantitative estimate of drug-likeness (QED) is 0.137. The van der Waals surface area contributed by atoms with Crippen LogP contribution in [0.25, 0.3) is 38.8 Å². The van der Waals surface area contributed by atoms with Crippen LogP contribution in [0.2, 0.25) is 0 Å². The molecule has 5 heteroatoms. The first kappa shape index (κ1) is 52.0. The van der Waals surface area contributed by atoms with Gasteiger partial charge in [-0.15, -0.1) is 0 Å². The first-order valence-electron chi connectivity index (χ1n) is 30.8. The Bertz CT molecular complexity index is 4060. The summed E-state index contributed by atoms with van der Waals surface area (Å²) in [6.07, 6.45) is 9.21. The van der Waals surface area contributed by atoms with Crippen LogP contribution in [0, 0.1) is 33.5 Å². The van der Waals surface area contributed by atoms with Gasteiger partial charge in [-0.2, -0.15) is 0 Å². The minimum atomic E-state index is -0.271. The van der Waals surface area contributed by atoms with Crippen LogP contribution in [0.5, 0.6) is 11.5 Å². The molecule has 3 heterocycles. The van der Waals surface area contributed by atoms with Gasteiger partial charge in [0.05, 0.1) is 28.1 Å². The van der Waals surface area contributed by atoms with Gasteiger partial charge in [0.15, 0.2) is 0 Å². The Balaban J connectivity index is 0.934. The molecule has 4 bridgehead atoms. The lowest BCUT2D eigenvalue weighted by atomic mass is 9.24. The zero-order chi connectivity index (χ0) is 56.9. The molecule has 4 fully saturated rings. The molecule has 5 nitrogen and oxygen atoms in total. The molecule has 6 atom stereocenters. The van der Waals surface area contributed by atoms with Gasteiger partial charge in [-0.05, 0) is 170 Å². The first-order valence-corrected chi connectivity index (χ1v) is 30.8. The number of pyridine rings is 1. The zero-order valence-corrected chi connectivity index (χ0v) is 50.0. The van der Waals surface area contributed by atoms with Crippen LogP contribution in [0.4, 0.5) is 22.7 Å². The highest BCUT2D eigenvalue weighted by Crippen LogP contribution is 2.83. The predicted octanol–water partition coefficient (Wildman–Crippen LogP) is 20.4. The van der Waals surface area contributed by atoms with Crippen molar-refractivity contribution in [2.45, 2.75) is 117 Å². The molecule has 1 aliphatic heterocycles. The van der Waals surface area contributed by atoms with Gasteiger partial charge < -0.3 is 14.5 Å². The summed E-state index contributed by atoms with van der Waals surface area (Å²) >= 11 is 0. The summed E-state index contributed by atoms with van der Waals surface area (Å²) in [5, 5.41) is 2.36. The van der Waals surface area contributed by atoms with Crippen molar-refractivity contribution in [3.05, 3.63) is 240 Å². The normalized spacial score (nSPS) is 25.7. The number of benzene rings is 8. The Morgan fingerprint density at radius 1 is 0.482 bits per heavy atom. The molecule has 83 heavy (non-hydrogen) atoms. The number of hydrogen-bond acceptors (Lipinski definition) is 4. The topological polar surface area (TPSA) is 33.5 Å². The van der Waals surface area contributed by atoms with E-state index < -0.39 is 0 Å². The van der Waals surface area contributed by atoms with Crippen molar-refractivity contribution in [2.24, 2.45) is 33.5 Å². The van der Waals surface area contributed by atoms with Gasteiger partial charge in [-0.25, -0.2) is 4.98 Å². The molecule has 10 aromatic rings. The number of ether oxygens (including phenoxy) is 1. The van der Waals surface area contributed by atoms with Gasteiger partial charge in [0.25, 0.3) is 0 Å². The van der Waals surface area contributed by atoms with Gasteiger partial charge in [-0.1, -0.05) is 203 Å². The third-order valence-corrected chi connectivity index (χ3v) is 23.1. The number of nitrogens with zero attached hydrogens (tertiary/aromatic N) is 4. The minimum Gasteiger partial charge on any atom is -0.457 e. The Morgan fingerprint density at radius 3 is 1.61 bits per heavy atom. The van der Waals surface area contributed by atoms with Crippen LogP contribution in [-0.2, 0) is 16.2 Å². The second-order valence-electron chi connectivity index (χ2n) is 27.9. The number of fused-ring (bicyclic) bond motifs is 8. The van der Waals surface area contributed by atoms with Crippen molar-refractivity contribution in [1.29, 1.82) is 0 Å². The van der Waals surface area contributed by atoms with E-state index in [1.807, 2.05) is 6.20 Å². The van der Waals surface area contributed by atoms with Crippen LogP contribution >= 0.6 is 0 Å². The molecule has 0 N–H and O–H groups in total. The highest BCUT2D eigenvalue weighted by molar-refractivity contribution is 6.09. The summed E-state index contributed by atoms with van der Waals surface area (Å²) in [7, 11) is 0. The van der Waals surface area contributed by atoms with Crippen LogP contribution in [-0.4, -0.2) is 16.2 Å². The van der Waals surface area contributed by atoms with E-state index in [1.165, 1.54) is 105 Å². The summed E-state index contributed by atoms with van der Waals surface area (Å²) in [6, 6.07) is 78.1. The highest BCUT2D eigenvalue weighted by atomic mass is 16.5. The Labute approximate surface area is 492 Å². The fourth-order valence-corrected chi connectivity index (χ4v) is 18.8. The third-order valence-electron chi connectivity index (χ3n) is 23.1. The molecular weight excluding hydrogens is 1010 g/mol. The van der Waals surface area contributed by atoms with Crippen molar-refractivity contribution < 1.29 is 4.74 Å². The van der Waals surface area contributed by atoms with Gasteiger partial charge in [0, 0.05) is 45.6 Å². The molecule has 4 aliphatic carbocycles. The molecule has 5 aliphatic rings. The monoisotopic (exact) mass is 1090 g/mol. The molecule has 0 radical (unpaired) electrons. The maximum absolute atomic E-state index is 7.05. The van der Waals surface area contributed by atoms with Crippen molar-refractivity contribution >= 4 is 44.6 Å². The number of para-hydroxylation sites is 3. The van der Waals surface area contributed by atoms with Gasteiger partial charge in [0.1, 0.15) is 24.0 Å². The zero-order valence-electron chi connectivity index (χ0n) is 50.0. The van der Waals surface area contributed by atoms with Gasteiger partial charge >= 0.3 is 0 Å². The third kappa shape index (κ3) is 6.97. The molecule has 0 saturated heterocycles. The second-order valence-corrected chi connectivity index (χ2v) is 27.9. The SMILES string of the molecule is CC(C)(C)c1ccnc(-n2c3ccccc3c3ccc(Oc4cccc(N5CN(c6c(C7(c8ccccc8)C8CCCC7(C)C8(C)C)cc(-c7ccccc7)cc6C6(c7ccccc7)C7CCCC6(C)C7(C)C)c6ccccc65)c4)cc32)c1. The van der Waals surface area contributed by atoms with E-state index in [2.05, 4.69) is 283 Å². The molecule has 15 rings (SSSR count). The Morgan fingerprint density at radius 2 is 1.02 bits per heavy atom. The second kappa shape index (κ2) is 18.3. The molecule has 8 aromatic carbocycles. The summed E-state index contributed by atoms with van der Waals surface area (Å²) in [5.74, 6) is 3.35. The Kier molecular flexibility index (Phi) is 11.5. The van der Waals surface area contributed by atoms with E-state index >= 15 is 0 Å². The van der Waals surface area contributed by atoms with Crippen molar-refractivity contribution in [3.8, 4) is 28.4 Å². The summed E-state index contributed by atoms with van der Waals surface area (Å²) in [6.45, 7) is 23.2. The number of rotatable bonds is 10. The lowest BCUT2D eigenvalue weighted by Gasteiger charge is -2.79. The average Bonchev–Trinajstić information content (AvgIpc) is 0.960. The van der Waals surface area contributed by atoms with Crippen LogP contribution in [0.3, 0.4) is 0 Å². The lowest BCUT2D eigenvalue weighted by Crippen LogP contribution is -2.75. The molecule has 0 spiro atoms. The first-order chi connectivity index (χ1) is 40.0. The van der Waals surface area contributed by atoms with Crippen molar-refractivity contribution in [2.75, 3.05) is 16.5 Å². The van der Waals surface area contributed by atoms with E-state index in [0.29, 0.717) is 18.5 Å². The van der Waals surface area contributed by atoms with Crippen LogP contribution < -0.4 is 14.5 Å². The Hall–Kier alpha value is -7.89. The van der Waals surface area contributed by atoms with E-state index in [4.69, 9.17) is 9.72 Å². The van der Waals surface area contributed by atoms with Crippen LogP contribution in [0.1, 0.15) is 129 Å². The number of hydrogen-bond donors (Lipinski definition) is 0. The predicted molar refractivity (Wildman–Crippen MR) is 344 cm³/mol. The number of aromatic nitrogens is 2. The molecule has 2 aromatic heterocycles.